The number of carbonyl (C=O) groups is 1. The Morgan fingerprint density at radius 2 is 2.00 bits per heavy atom. The van der Waals surface area contributed by atoms with Crippen LogP contribution in [0, 0.1) is 5.41 Å². The zero-order valence-corrected chi connectivity index (χ0v) is 13.8. The standard InChI is InChI=1S/C15H28N2O2.ClH/c1-4-19-13-10-12(17(3)14(18)11-16-2)15(13)8-6-5-7-9-15;/h12-13,16H,4-11H2,1-3H3;1H. The van der Waals surface area contributed by atoms with Crippen molar-refractivity contribution in [3.8, 4) is 0 Å². The Balaban J connectivity index is 0.00000200. The van der Waals surface area contributed by atoms with Crippen LogP contribution in [0.1, 0.15) is 45.4 Å². The molecule has 118 valence electrons. The summed E-state index contributed by atoms with van der Waals surface area (Å²) in [6.07, 6.45) is 7.73. The number of rotatable bonds is 5. The molecular formula is C15H29ClN2O2. The molecule has 2 rings (SSSR count). The van der Waals surface area contributed by atoms with E-state index < -0.39 is 0 Å². The summed E-state index contributed by atoms with van der Waals surface area (Å²) >= 11 is 0. The number of halogens is 1. The number of carbonyl (C=O) groups excluding carboxylic acids is 1. The molecule has 0 bridgehead atoms. The number of nitrogens with one attached hydrogen (secondary N) is 1. The number of hydrogen-bond acceptors (Lipinski definition) is 3. The van der Waals surface area contributed by atoms with Crippen LogP contribution in [0.5, 0.6) is 0 Å². The third kappa shape index (κ3) is 3.12. The van der Waals surface area contributed by atoms with Gasteiger partial charge in [-0.25, -0.2) is 0 Å². The van der Waals surface area contributed by atoms with E-state index in [4.69, 9.17) is 4.74 Å². The quantitative estimate of drug-likeness (QED) is 0.847. The van der Waals surface area contributed by atoms with E-state index in [1.165, 1.54) is 32.1 Å². The third-order valence-electron chi connectivity index (χ3n) is 5.08. The largest absolute Gasteiger partial charge is 0.378 e. The molecule has 0 aromatic rings. The smallest absolute Gasteiger partial charge is 0.236 e. The molecule has 2 aliphatic rings. The fourth-order valence-corrected chi connectivity index (χ4v) is 4.02. The van der Waals surface area contributed by atoms with Crippen molar-refractivity contribution < 1.29 is 9.53 Å². The van der Waals surface area contributed by atoms with E-state index in [2.05, 4.69) is 12.2 Å². The van der Waals surface area contributed by atoms with Gasteiger partial charge in [0.1, 0.15) is 0 Å². The molecule has 4 nitrogen and oxygen atoms in total. The van der Waals surface area contributed by atoms with E-state index in [9.17, 15) is 4.79 Å². The van der Waals surface area contributed by atoms with Crippen LogP contribution in [0.2, 0.25) is 0 Å². The molecule has 2 unspecified atom stereocenters. The second kappa shape index (κ2) is 7.62. The Kier molecular flexibility index (Phi) is 6.76. The van der Waals surface area contributed by atoms with Crippen LogP contribution >= 0.6 is 12.4 Å². The van der Waals surface area contributed by atoms with Gasteiger partial charge in [-0.3, -0.25) is 4.79 Å². The molecule has 2 saturated carbocycles. The van der Waals surface area contributed by atoms with E-state index in [0.29, 0.717) is 18.7 Å². The Morgan fingerprint density at radius 1 is 1.35 bits per heavy atom. The average Bonchev–Trinajstić information content (AvgIpc) is 2.43. The van der Waals surface area contributed by atoms with Gasteiger partial charge in [-0.1, -0.05) is 19.3 Å². The molecule has 2 atom stereocenters. The minimum Gasteiger partial charge on any atom is -0.378 e. The summed E-state index contributed by atoms with van der Waals surface area (Å²) in [4.78, 5) is 14.1. The van der Waals surface area contributed by atoms with E-state index in [1.807, 2.05) is 19.0 Å². The highest BCUT2D eigenvalue weighted by Gasteiger charge is 2.57. The molecule has 2 aliphatic carbocycles. The van der Waals surface area contributed by atoms with Gasteiger partial charge < -0.3 is 15.0 Å². The van der Waals surface area contributed by atoms with Crippen LogP contribution in [0.15, 0.2) is 0 Å². The molecule has 20 heavy (non-hydrogen) atoms. The Bertz CT molecular complexity index is 319. The van der Waals surface area contributed by atoms with Crippen molar-refractivity contribution in [1.29, 1.82) is 0 Å². The summed E-state index contributed by atoms with van der Waals surface area (Å²) in [5, 5.41) is 2.96. The number of nitrogens with zero attached hydrogens (tertiary/aromatic N) is 1. The van der Waals surface area contributed by atoms with E-state index in [-0.39, 0.29) is 23.7 Å². The van der Waals surface area contributed by atoms with Crippen molar-refractivity contribution in [2.24, 2.45) is 5.41 Å². The highest BCUT2D eigenvalue weighted by atomic mass is 35.5. The van der Waals surface area contributed by atoms with Crippen molar-refractivity contribution in [2.75, 3.05) is 27.2 Å². The molecule has 0 aromatic carbocycles. The fourth-order valence-electron chi connectivity index (χ4n) is 4.02. The van der Waals surface area contributed by atoms with Crippen molar-refractivity contribution in [2.45, 2.75) is 57.6 Å². The molecule has 0 radical (unpaired) electrons. The molecule has 1 N–H and O–H groups in total. The lowest BCUT2D eigenvalue weighted by molar-refractivity contribution is -0.184. The maximum atomic E-state index is 12.1. The van der Waals surface area contributed by atoms with Gasteiger partial charge in [-0.15, -0.1) is 12.4 Å². The number of likely N-dealkylation sites (N-methyl/N-ethyl adjacent to an activating group) is 2. The molecule has 1 spiro atoms. The second-order valence-electron chi connectivity index (χ2n) is 6.02. The second-order valence-corrected chi connectivity index (χ2v) is 6.02. The monoisotopic (exact) mass is 304 g/mol. The summed E-state index contributed by atoms with van der Waals surface area (Å²) in [7, 11) is 3.79. The highest BCUT2D eigenvalue weighted by molar-refractivity contribution is 5.85. The van der Waals surface area contributed by atoms with Crippen LogP contribution < -0.4 is 5.32 Å². The van der Waals surface area contributed by atoms with E-state index in [0.717, 1.165) is 13.0 Å². The topological polar surface area (TPSA) is 41.6 Å². The Labute approximate surface area is 129 Å². The van der Waals surface area contributed by atoms with Gasteiger partial charge >= 0.3 is 0 Å². The molecular weight excluding hydrogens is 276 g/mol. The van der Waals surface area contributed by atoms with Crippen LogP contribution in [-0.4, -0.2) is 50.2 Å². The minimum atomic E-state index is 0. The predicted octanol–water partition coefficient (Wildman–Crippen LogP) is 2.21. The first-order valence-electron chi connectivity index (χ1n) is 7.67. The van der Waals surface area contributed by atoms with Gasteiger partial charge in [0, 0.05) is 25.1 Å². The molecule has 0 saturated heterocycles. The minimum absolute atomic E-state index is 0. The number of amides is 1. The van der Waals surface area contributed by atoms with Crippen LogP contribution in [0.4, 0.5) is 0 Å². The van der Waals surface area contributed by atoms with Gasteiger partial charge in [-0.2, -0.15) is 0 Å². The van der Waals surface area contributed by atoms with Gasteiger partial charge in [0.05, 0.1) is 12.6 Å². The van der Waals surface area contributed by atoms with Gasteiger partial charge in [0.25, 0.3) is 0 Å². The zero-order chi connectivity index (χ0) is 13.9. The zero-order valence-electron chi connectivity index (χ0n) is 13.0. The maximum Gasteiger partial charge on any atom is 0.236 e. The van der Waals surface area contributed by atoms with Gasteiger partial charge in [0.15, 0.2) is 0 Å². The van der Waals surface area contributed by atoms with Crippen molar-refractivity contribution in [3.05, 3.63) is 0 Å². The summed E-state index contributed by atoms with van der Waals surface area (Å²) < 4.78 is 5.94. The maximum absolute atomic E-state index is 12.1. The van der Waals surface area contributed by atoms with Gasteiger partial charge in [0.2, 0.25) is 5.91 Å². The first-order chi connectivity index (χ1) is 9.15. The first-order valence-corrected chi connectivity index (χ1v) is 7.67. The third-order valence-corrected chi connectivity index (χ3v) is 5.08. The highest BCUT2D eigenvalue weighted by Crippen LogP contribution is 2.55. The molecule has 0 aromatic heterocycles. The summed E-state index contributed by atoms with van der Waals surface area (Å²) in [6, 6.07) is 0.380. The van der Waals surface area contributed by atoms with Crippen molar-refractivity contribution in [1.82, 2.24) is 10.2 Å². The molecule has 0 aliphatic heterocycles. The van der Waals surface area contributed by atoms with Crippen molar-refractivity contribution >= 4 is 18.3 Å². The van der Waals surface area contributed by atoms with Gasteiger partial charge in [-0.05, 0) is 33.2 Å². The predicted molar refractivity (Wildman–Crippen MR) is 83.3 cm³/mol. The van der Waals surface area contributed by atoms with Crippen LogP contribution in [0.3, 0.4) is 0 Å². The Morgan fingerprint density at radius 3 is 2.55 bits per heavy atom. The SMILES string of the molecule is CCOC1CC(N(C)C(=O)CNC)C12CCCCC2.Cl. The molecule has 0 heterocycles. The number of hydrogen-bond donors (Lipinski definition) is 1. The summed E-state index contributed by atoms with van der Waals surface area (Å²) in [5.74, 6) is 0.201. The first kappa shape index (κ1) is 17.7. The average molecular weight is 305 g/mol. The molecule has 1 amide bonds. The normalized spacial score (nSPS) is 27.6. The summed E-state index contributed by atoms with van der Waals surface area (Å²) in [6.45, 7) is 3.29. The van der Waals surface area contributed by atoms with E-state index >= 15 is 0 Å². The van der Waals surface area contributed by atoms with E-state index in [1.54, 1.807) is 0 Å². The number of ether oxygens (including phenoxy) is 1. The molecule has 5 heteroatoms. The lowest BCUT2D eigenvalue weighted by Crippen LogP contribution is -2.66. The lowest BCUT2D eigenvalue weighted by atomic mass is 9.54. The van der Waals surface area contributed by atoms with Crippen molar-refractivity contribution in [3.63, 3.8) is 0 Å². The summed E-state index contributed by atoms with van der Waals surface area (Å²) in [5.41, 5.74) is 0.242. The lowest BCUT2D eigenvalue weighted by Gasteiger charge is -2.60. The molecule has 2 fully saturated rings. The van der Waals surface area contributed by atoms with Crippen LogP contribution in [0.25, 0.3) is 0 Å². The van der Waals surface area contributed by atoms with Crippen LogP contribution in [-0.2, 0) is 9.53 Å². The fraction of sp³-hybridized carbons (Fsp3) is 0.933. The Hall–Kier alpha value is -0.320.